The van der Waals surface area contributed by atoms with Gasteiger partial charge in [-0.3, -0.25) is 19.2 Å². The van der Waals surface area contributed by atoms with Crippen LogP contribution in [-0.2, 0) is 42.9 Å². The van der Waals surface area contributed by atoms with Crippen LogP contribution in [0.5, 0.6) is 5.75 Å². The molecule has 2 aliphatic rings. The largest absolute Gasteiger partial charge is 0.466 e. The Morgan fingerprint density at radius 3 is 2.17 bits per heavy atom. The van der Waals surface area contributed by atoms with Crippen molar-refractivity contribution in [2.24, 2.45) is 0 Å². The zero-order chi connectivity index (χ0) is 35.3. The number of carbonyl (C=O) groups excluding carboxylic acids is 6. The summed E-state index contributed by atoms with van der Waals surface area (Å²) in [5.41, 5.74) is 2.27. The highest BCUT2D eigenvalue weighted by Crippen LogP contribution is 2.46. The van der Waals surface area contributed by atoms with E-state index in [-0.39, 0.29) is 18.5 Å². The summed E-state index contributed by atoms with van der Waals surface area (Å²) in [6.45, 7) is 8.43. The molecule has 0 unspecified atom stereocenters. The average Bonchev–Trinajstić information content (AvgIpc) is 3.39. The lowest BCUT2D eigenvalue weighted by molar-refractivity contribution is -0.210. The Morgan fingerprint density at radius 1 is 0.979 bits per heavy atom. The summed E-state index contributed by atoms with van der Waals surface area (Å²) in [5.74, 6) is -3.11. The number of fused-ring (bicyclic) bond motifs is 1. The summed E-state index contributed by atoms with van der Waals surface area (Å²) in [6, 6.07) is 9.37. The molecule has 48 heavy (non-hydrogen) atoms. The first kappa shape index (κ1) is 36.2. The summed E-state index contributed by atoms with van der Waals surface area (Å²) in [5, 5.41) is 5.35. The fourth-order valence-electron chi connectivity index (χ4n) is 5.67. The Hall–Kier alpha value is -4.63. The van der Waals surface area contributed by atoms with Crippen molar-refractivity contribution in [2.45, 2.75) is 88.2 Å². The van der Waals surface area contributed by atoms with Gasteiger partial charge >= 0.3 is 30.0 Å². The molecule has 14 nitrogen and oxygen atoms in total. The van der Waals surface area contributed by atoms with E-state index in [1.54, 1.807) is 26.0 Å². The molecular formula is C33H38N2O12S. The molecule has 2 aliphatic heterocycles. The van der Waals surface area contributed by atoms with Crippen molar-refractivity contribution in [1.29, 1.82) is 0 Å². The van der Waals surface area contributed by atoms with Crippen LogP contribution in [0.25, 0.3) is 0 Å². The van der Waals surface area contributed by atoms with Gasteiger partial charge in [-0.2, -0.15) is 0 Å². The smallest absolute Gasteiger partial charge is 0.407 e. The lowest BCUT2D eigenvalue weighted by atomic mass is 9.90. The van der Waals surface area contributed by atoms with Gasteiger partial charge in [0.05, 0.1) is 19.7 Å². The van der Waals surface area contributed by atoms with E-state index in [0.717, 1.165) is 31.2 Å². The second-order valence-corrected chi connectivity index (χ2v) is 12.9. The normalized spacial score (nSPS) is 22.6. The molecule has 15 heteroatoms. The first-order valence-corrected chi connectivity index (χ1v) is 15.9. The predicted molar refractivity (Wildman–Crippen MR) is 169 cm³/mol. The van der Waals surface area contributed by atoms with Crippen LogP contribution in [0.2, 0.25) is 0 Å². The van der Waals surface area contributed by atoms with Gasteiger partial charge in [0.2, 0.25) is 4.93 Å². The summed E-state index contributed by atoms with van der Waals surface area (Å²) in [6.07, 6.45) is -6.01. The number of amides is 2. The number of carbonyl (C=O) groups is 6. The number of alkyl carbamates (subject to hydrolysis) is 1. The van der Waals surface area contributed by atoms with Gasteiger partial charge in [-0.15, -0.1) is 0 Å². The number of methoxy groups -OCH3 is 1. The van der Waals surface area contributed by atoms with Crippen LogP contribution >= 0.6 is 11.8 Å². The quantitative estimate of drug-likeness (QED) is 0.200. The van der Waals surface area contributed by atoms with Crippen molar-refractivity contribution in [3.8, 4) is 5.75 Å². The van der Waals surface area contributed by atoms with E-state index in [1.165, 1.54) is 26.2 Å². The first-order chi connectivity index (χ1) is 22.6. The molecular weight excluding hydrogens is 648 g/mol. The Bertz CT molecular complexity index is 1570. The molecule has 2 N–H and O–H groups in total. The Balaban J connectivity index is 1.70. The van der Waals surface area contributed by atoms with Crippen molar-refractivity contribution >= 4 is 47.6 Å². The summed E-state index contributed by atoms with van der Waals surface area (Å²) in [7, 11) is 1.19. The summed E-state index contributed by atoms with van der Waals surface area (Å²) < 4.78 is 33.7. The molecule has 2 amide bonds. The molecule has 0 radical (unpaired) electrons. The zero-order valence-electron chi connectivity index (χ0n) is 27.6. The van der Waals surface area contributed by atoms with Crippen LogP contribution in [0, 0.1) is 20.8 Å². The fraction of sp³-hybridized carbons (Fsp3) is 0.455. The third kappa shape index (κ3) is 8.44. The molecule has 0 bridgehead atoms. The van der Waals surface area contributed by atoms with Gasteiger partial charge in [-0.25, -0.2) is 9.59 Å². The summed E-state index contributed by atoms with van der Waals surface area (Å²) in [4.78, 5) is 74.5. The Morgan fingerprint density at radius 2 is 1.60 bits per heavy atom. The maximum Gasteiger partial charge on any atom is 0.407 e. The molecule has 0 aromatic heterocycles. The summed E-state index contributed by atoms with van der Waals surface area (Å²) >= 11 is 1.03. The van der Waals surface area contributed by atoms with Crippen molar-refractivity contribution in [2.75, 3.05) is 13.7 Å². The highest BCUT2D eigenvalue weighted by Gasteiger charge is 2.60. The molecule has 2 heterocycles. The molecule has 2 aromatic rings. The highest BCUT2D eigenvalue weighted by atomic mass is 32.2. The number of esters is 4. The first-order valence-electron chi connectivity index (χ1n) is 15.0. The van der Waals surface area contributed by atoms with E-state index in [9.17, 15) is 28.8 Å². The van der Waals surface area contributed by atoms with Crippen LogP contribution < -0.4 is 15.4 Å². The third-order valence-corrected chi connectivity index (χ3v) is 8.90. The second-order valence-electron chi connectivity index (χ2n) is 11.5. The van der Waals surface area contributed by atoms with Gasteiger partial charge in [0, 0.05) is 37.7 Å². The van der Waals surface area contributed by atoms with Crippen molar-refractivity contribution < 1.29 is 57.2 Å². The number of hydrogen-bond acceptors (Lipinski definition) is 13. The van der Waals surface area contributed by atoms with E-state index in [0.29, 0.717) is 21.8 Å². The van der Waals surface area contributed by atoms with Crippen molar-refractivity contribution in [3.63, 3.8) is 0 Å². The number of rotatable bonds is 11. The van der Waals surface area contributed by atoms with E-state index in [1.807, 2.05) is 19.1 Å². The van der Waals surface area contributed by atoms with Crippen LogP contribution in [0.4, 0.5) is 4.79 Å². The zero-order valence-corrected chi connectivity index (χ0v) is 28.4. The lowest BCUT2D eigenvalue weighted by Crippen LogP contribution is -2.65. The van der Waals surface area contributed by atoms with Gasteiger partial charge < -0.3 is 39.1 Å². The monoisotopic (exact) mass is 686 g/mol. The average molecular weight is 687 g/mol. The standard InChI is InChI=1S/C33H38N2O12S/c1-16-8-10-23(11-9-16)48-33(31(40)42-7)14-24-26(35-32(41)46-24)29(47-33)28(45-21(6)38)25(43-19(4)36)15-34-30(39)22-12-17(2)27(18(3)13-22)44-20(5)37/h8-13,24-26,28-29H,14-15H2,1-7H3,(H,34,39)(H,35,41)/t24-,25+,26+,28+,29+,33-/m0/s1. The molecule has 0 spiro atoms. The maximum atomic E-state index is 13.5. The Labute approximate surface area is 281 Å². The van der Waals surface area contributed by atoms with E-state index in [2.05, 4.69) is 10.6 Å². The molecule has 2 saturated heterocycles. The minimum atomic E-state index is -1.79. The highest BCUT2D eigenvalue weighted by molar-refractivity contribution is 8.01. The van der Waals surface area contributed by atoms with Gasteiger partial charge in [0.15, 0.2) is 12.2 Å². The molecule has 2 aromatic carbocycles. The molecule has 258 valence electrons. The fourth-order valence-corrected chi connectivity index (χ4v) is 6.90. The topological polar surface area (TPSA) is 182 Å². The number of nitrogens with one attached hydrogen (secondary N) is 2. The van der Waals surface area contributed by atoms with Crippen molar-refractivity contribution in [1.82, 2.24) is 10.6 Å². The van der Waals surface area contributed by atoms with Crippen LogP contribution in [0.3, 0.4) is 0 Å². The van der Waals surface area contributed by atoms with Crippen LogP contribution in [0.15, 0.2) is 41.3 Å². The minimum Gasteiger partial charge on any atom is -0.466 e. The minimum absolute atomic E-state index is 0.123. The number of hydrogen-bond donors (Lipinski definition) is 2. The second kappa shape index (κ2) is 15.1. The molecule has 0 aliphatic carbocycles. The van der Waals surface area contributed by atoms with Crippen LogP contribution in [-0.4, -0.2) is 84.9 Å². The SMILES string of the molecule is COC(=O)[C@@]1(Sc2ccc(C)cc2)C[C@@H]2OC(=O)N[C@H]2[C@H]([C@H](OC(C)=O)[C@@H](CNC(=O)c2cc(C)c(OC(C)=O)c(C)c2)OC(C)=O)O1. The van der Waals surface area contributed by atoms with Crippen LogP contribution in [0.1, 0.15) is 54.2 Å². The third-order valence-electron chi connectivity index (χ3n) is 7.64. The molecule has 0 saturated carbocycles. The van der Waals surface area contributed by atoms with E-state index < -0.39 is 71.3 Å². The van der Waals surface area contributed by atoms with Gasteiger partial charge in [0.25, 0.3) is 5.91 Å². The number of aryl methyl sites for hydroxylation is 3. The van der Waals surface area contributed by atoms with E-state index >= 15 is 0 Å². The van der Waals surface area contributed by atoms with Crippen molar-refractivity contribution in [3.05, 3.63) is 58.7 Å². The number of benzene rings is 2. The predicted octanol–water partition coefficient (Wildman–Crippen LogP) is 3.06. The van der Waals surface area contributed by atoms with E-state index in [4.69, 9.17) is 28.4 Å². The number of thioether (sulfide) groups is 1. The molecule has 4 rings (SSSR count). The molecule has 2 fully saturated rings. The Kier molecular flexibility index (Phi) is 11.4. The van der Waals surface area contributed by atoms with Gasteiger partial charge in [-0.1, -0.05) is 29.5 Å². The maximum absolute atomic E-state index is 13.5. The molecule has 6 atom stereocenters. The number of ether oxygens (including phenoxy) is 6. The lowest BCUT2D eigenvalue weighted by Gasteiger charge is -2.46. The van der Waals surface area contributed by atoms with Gasteiger partial charge in [-0.05, 0) is 56.2 Å². The van der Waals surface area contributed by atoms with Gasteiger partial charge in [0.1, 0.15) is 18.0 Å².